The van der Waals surface area contributed by atoms with Crippen LogP contribution in [0.3, 0.4) is 0 Å². The molecule has 0 bridgehead atoms. The van der Waals surface area contributed by atoms with Gasteiger partial charge in [-0.2, -0.15) is 0 Å². The number of amides is 1. The number of hydrogen-bond acceptors (Lipinski definition) is 4. The van der Waals surface area contributed by atoms with Crippen molar-refractivity contribution in [3.8, 4) is 0 Å². The average Bonchev–Trinajstić information content (AvgIpc) is 3.28. The second kappa shape index (κ2) is 4.74. The maximum absolute atomic E-state index is 12.2. The Bertz CT molecular complexity index is 745. The van der Waals surface area contributed by atoms with Crippen LogP contribution in [0.5, 0.6) is 0 Å². The molecule has 1 amide bonds. The summed E-state index contributed by atoms with van der Waals surface area (Å²) in [6.07, 6.45) is 5.21. The summed E-state index contributed by atoms with van der Waals surface area (Å²) < 4.78 is 0. The number of carbonyl (C=O) groups is 1. The third-order valence-corrected chi connectivity index (χ3v) is 4.53. The molecule has 0 aromatic carbocycles. The fourth-order valence-electron chi connectivity index (χ4n) is 3.13. The highest BCUT2D eigenvalue weighted by atomic mass is 16.3. The molecule has 0 saturated heterocycles. The Morgan fingerprint density at radius 3 is 2.82 bits per heavy atom. The Hall–Kier alpha value is -2.01. The summed E-state index contributed by atoms with van der Waals surface area (Å²) >= 11 is 0. The van der Waals surface area contributed by atoms with Crippen LogP contribution in [0.25, 0.3) is 11.0 Å². The van der Waals surface area contributed by atoms with Crippen molar-refractivity contribution in [2.45, 2.75) is 50.2 Å². The molecule has 0 atom stereocenters. The lowest BCUT2D eigenvalue weighted by molar-refractivity contribution is -0.0366. The lowest BCUT2D eigenvalue weighted by atomic mass is 9.77. The van der Waals surface area contributed by atoms with Gasteiger partial charge in [0.2, 0.25) is 0 Å². The molecule has 2 aromatic heterocycles. The van der Waals surface area contributed by atoms with E-state index >= 15 is 0 Å². The summed E-state index contributed by atoms with van der Waals surface area (Å²) in [5, 5.41) is 13.5. The zero-order valence-electron chi connectivity index (χ0n) is 12.5. The molecule has 5 heteroatoms. The highest BCUT2D eigenvalue weighted by Gasteiger charge is 2.39. The number of pyridine rings is 2. The number of nitrogens with zero attached hydrogens (tertiary/aromatic N) is 2. The van der Waals surface area contributed by atoms with Crippen molar-refractivity contribution in [1.29, 1.82) is 0 Å². The fourth-order valence-corrected chi connectivity index (χ4v) is 3.13. The van der Waals surface area contributed by atoms with Gasteiger partial charge < -0.3 is 10.4 Å². The van der Waals surface area contributed by atoms with Gasteiger partial charge in [0.1, 0.15) is 0 Å². The maximum Gasteiger partial charge on any atom is 0.253 e. The number of carbonyl (C=O) groups excluding carboxylic acids is 1. The van der Waals surface area contributed by atoms with E-state index in [4.69, 9.17) is 0 Å². The lowest BCUT2D eigenvalue weighted by Crippen LogP contribution is -2.53. The predicted octanol–water partition coefficient (Wildman–Crippen LogP) is 2.15. The van der Waals surface area contributed by atoms with Crippen molar-refractivity contribution in [3.63, 3.8) is 0 Å². The monoisotopic (exact) mass is 297 g/mol. The van der Waals surface area contributed by atoms with Crippen LogP contribution < -0.4 is 5.32 Å². The predicted molar refractivity (Wildman–Crippen MR) is 82.6 cm³/mol. The number of fused-ring (bicyclic) bond motifs is 1. The van der Waals surface area contributed by atoms with E-state index in [1.807, 2.05) is 18.2 Å². The van der Waals surface area contributed by atoms with Gasteiger partial charge in [-0.25, -0.2) is 9.97 Å². The molecule has 2 fully saturated rings. The smallest absolute Gasteiger partial charge is 0.253 e. The molecule has 0 spiro atoms. The lowest BCUT2D eigenvalue weighted by Gasteiger charge is -2.41. The van der Waals surface area contributed by atoms with Crippen molar-refractivity contribution in [2.24, 2.45) is 0 Å². The van der Waals surface area contributed by atoms with E-state index in [-0.39, 0.29) is 11.9 Å². The van der Waals surface area contributed by atoms with Crippen LogP contribution in [0, 0.1) is 0 Å². The minimum atomic E-state index is -0.636. The van der Waals surface area contributed by atoms with E-state index in [2.05, 4.69) is 15.3 Å². The fraction of sp³-hybridized carbons (Fsp3) is 0.471. The largest absolute Gasteiger partial charge is 0.390 e. The van der Waals surface area contributed by atoms with Crippen molar-refractivity contribution in [3.05, 3.63) is 35.7 Å². The first-order valence-electron chi connectivity index (χ1n) is 7.80. The molecule has 0 unspecified atom stereocenters. The molecule has 2 heterocycles. The van der Waals surface area contributed by atoms with Gasteiger partial charge in [-0.15, -0.1) is 0 Å². The summed E-state index contributed by atoms with van der Waals surface area (Å²) in [5.41, 5.74) is 1.71. The first-order valence-corrected chi connectivity index (χ1v) is 7.80. The van der Waals surface area contributed by atoms with Crippen LogP contribution in [0.15, 0.2) is 24.4 Å². The molecule has 4 rings (SSSR count). The summed E-state index contributed by atoms with van der Waals surface area (Å²) in [4.78, 5) is 21.1. The molecule has 2 aliphatic rings. The standard InChI is InChI=1S/C17H19N3O2/c1-17(22)7-13(8-17)19-16(21)12-6-11-4-5-14(10-2-3-10)20-15(11)18-9-12/h4-6,9-10,13,22H,2-3,7-8H2,1H3,(H,19,21)/t13-,17+. The molecule has 0 aliphatic heterocycles. The molecule has 2 saturated carbocycles. The van der Waals surface area contributed by atoms with Crippen LogP contribution in [0.2, 0.25) is 0 Å². The van der Waals surface area contributed by atoms with Crippen LogP contribution in [0.1, 0.15) is 54.6 Å². The minimum Gasteiger partial charge on any atom is -0.390 e. The highest BCUT2D eigenvalue weighted by Crippen LogP contribution is 2.39. The van der Waals surface area contributed by atoms with Crippen LogP contribution in [-0.2, 0) is 0 Å². The molecular formula is C17H19N3O2. The molecule has 114 valence electrons. The molecule has 2 N–H and O–H groups in total. The summed E-state index contributed by atoms with van der Waals surface area (Å²) in [6.45, 7) is 1.79. The maximum atomic E-state index is 12.2. The number of aliphatic hydroxyl groups is 1. The zero-order valence-corrected chi connectivity index (χ0v) is 12.5. The second-order valence-electron chi connectivity index (χ2n) is 6.86. The van der Waals surface area contributed by atoms with Crippen LogP contribution in [0.4, 0.5) is 0 Å². The first kappa shape index (κ1) is 13.6. The zero-order chi connectivity index (χ0) is 15.3. The van der Waals surface area contributed by atoms with E-state index in [0.29, 0.717) is 30.0 Å². The molecule has 22 heavy (non-hydrogen) atoms. The number of nitrogens with one attached hydrogen (secondary N) is 1. The SMILES string of the molecule is C[C@]1(O)C[C@@H](NC(=O)c2cnc3nc(C4CC4)ccc3c2)C1. The summed E-state index contributed by atoms with van der Waals surface area (Å²) in [6, 6.07) is 5.91. The topological polar surface area (TPSA) is 75.1 Å². The van der Waals surface area contributed by atoms with E-state index < -0.39 is 5.60 Å². The minimum absolute atomic E-state index is 0.0496. The van der Waals surface area contributed by atoms with E-state index in [0.717, 1.165) is 11.1 Å². The van der Waals surface area contributed by atoms with E-state index in [9.17, 15) is 9.90 Å². The number of aromatic nitrogens is 2. The van der Waals surface area contributed by atoms with Crippen molar-refractivity contribution < 1.29 is 9.90 Å². The molecule has 0 radical (unpaired) electrons. The van der Waals surface area contributed by atoms with E-state index in [1.165, 1.54) is 12.8 Å². The van der Waals surface area contributed by atoms with Gasteiger partial charge in [0.15, 0.2) is 5.65 Å². The van der Waals surface area contributed by atoms with Crippen LogP contribution >= 0.6 is 0 Å². The third-order valence-electron chi connectivity index (χ3n) is 4.53. The van der Waals surface area contributed by atoms with Crippen molar-refractivity contribution in [1.82, 2.24) is 15.3 Å². The number of rotatable bonds is 3. The average molecular weight is 297 g/mol. The van der Waals surface area contributed by atoms with Gasteiger partial charge in [-0.1, -0.05) is 0 Å². The Morgan fingerprint density at radius 1 is 1.36 bits per heavy atom. The molecule has 2 aromatic rings. The normalized spacial score (nSPS) is 27.5. The van der Waals surface area contributed by atoms with Crippen LogP contribution in [-0.4, -0.2) is 32.6 Å². The number of hydrogen-bond donors (Lipinski definition) is 2. The second-order valence-corrected chi connectivity index (χ2v) is 6.86. The van der Waals surface area contributed by atoms with Gasteiger partial charge in [0, 0.05) is 29.2 Å². The van der Waals surface area contributed by atoms with Crippen molar-refractivity contribution >= 4 is 16.9 Å². The van der Waals surface area contributed by atoms with Gasteiger partial charge in [-0.05, 0) is 50.8 Å². The quantitative estimate of drug-likeness (QED) is 0.910. The molecular weight excluding hydrogens is 278 g/mol. The Kier molecular flexibility index (Phi) is 2.94. The Labute approximate surface area is 128 Å². The van der Waals surface area contributed by atoms with Gasteiger partial charge in [-0.3, -0.25) is 4.79 Å². The third kappa shape index (κ3) is 2.57. The van der Waals surface area contributed by atoms with Crippen molar-refractivity contribution in [2.75, 3.05) is 0 Å². The first-order chi connectivity index (χ1) is 10.5. The molecule has 5 nitrogen and oxygen atoms in total. The Balaban J connectivity index is 1.52. The van der Waals surface area contributed by atoms with Gasteiger partial charge in [0.05, 0.1) is 11.2 Å². The molecule has 2 aliphatic carbocycles. The van der Waals surface area contributed by atoms with E-state index in [1.54, 1.807) is 13.1 Å². The highest BCUT2D eigenvalue weighted by molar-refractivity contribution is 5.97. The van der Waals surface area contributed by atoms with Gasteiger partial charge >= 0.3 is 0 Å². The van der Waals surface area contributed by atoms with Gasteiger partial charge in [0.25, 0.3) is 5.91 Å². The summed E-state index contributed by atoms with van der Waals surface area (Å²) in [5.74, 6) is 0.460. The summed E-state index contributed by atoms with van der Waals surface area (Å²) in [7, 11) is 0. The Morgan fingerprint density at radius 2 is 2.14 bits per heavy atom.